The molecule has 0 atom stereocenters. The highest BCUT2D eigenvalue weighted by Crippen LogP contribution is 2.24. The first kappa shape index (κ1) is 20.7. The van der Waals surface area contributed by atoms with Crippen LogP contribution in [-0.4, -0.2) is 48.4 Å². The average molecular weight is 376 g/mol. The molecule has 27 heavy (non-hydrogen) atoms. The minimum absolute atomic E-state index is 0.00229. The standard InChI is InChI=1S/C19H24N2O6/c22-12-20-14-4-8-16(9-5-14)26-18(24)2-1-3-19(25)27-17-10-6-15(7-11-17)21-13-23/h1-2,14-17H,3-11H2. The molecule has 0 aromatic carbocycles. The van der Waals surface area contributed by atoms with E-state index in [0.29, 0.717) is 51.4 Å². The van der Waals surface area contributed by atoms with Gasteiger partial charge < -0.3 is 9.47 Å². The van der Waals surface area contributed by atoms with Crippen molar-refractivity contribution in [1.29, 1.82) is 0 Å². The van der Waals surface area contributed by atoms with E-state index in [-0.39, 0.29) is 30.7 Å². The van der Waals surface area contributed by atoms with Crippen molar-refractivity contribution in [3.63, 3.8) is 0 Å². The van der Waals surface area contributed by atoms with Crippen LogP contribution in [0.1, 0.15) is 57.8 Å². The minimum atomic E-state index is -0.489. The van der Waals surface area contributed by atoms with Gasteiger partial charge in [-0.05, 0) is 51.4 Å². The Hall–Kier alpha value is -2.56. The first-order chi connectivity index (χ1) is 13.1. The zero-order chi connectivity index (χ0) is 19.5. The average Bonchev–Trinajstić information content (AvgIpc) is 2.65. The number of hydrogen-bond donors (Lipinski definition) is 0. The molecule has 0 unspecified atom stereocenters. The van der Waals surface area contributed by atoms with Gasteiger partial charge in [-0.1, -0.05) is 6.08 Å². The summed E-state index contributed by atoms with van der Waals surface area (Å²) >= 11 is 0. The van der Waals surface area contributed by atoms with E-state index in [1.165, 1.54) is 12.2 Å². The van der Waals surface area contributed by atoms with Crippen LogP contribution in [-0.2, 0) is 28.7 Å². The number of aliphatic imine (C=N–C) groups is 2. The van der Waals surface area contributed by atoms with Gasteiger partial charge in [0.2, 0.25) is 12.2 Å². The lowest BCUT2D eigenvalue weighted by molar-refractivity contribution is -0.149. The maximum atomic E-state index is 11.8. The van der Waals surface area contributed by atoms with Crippen molar-refractivity contribution in [3.8, 4) is 0 Å². The summed E-state index contributed by atoms with van der Waals surface area (Å²) in [5, 5.41) is 0. The van der Waals surface area contributed by atoms with E-state index in [1.807, 2.05) is 0 Å². The summed E-state index contributed by atoms with van der Waals surface area (Å²) in [7, 11) is 0. The molecule has 0 saturated heterocycles. The molecule has 2 saturated carbocycles. The van der Waals surface area contributed by atoms with Gasteiger partial charge in [0.15, 0.2) is 0 Å². The zero-order valence-electron chi connectivity index (χ0n) is 15.2. The highest BCUT2D eigenvalue weighted by Gasteiger charge is 2.24. The van der Waals surface area contributed by atoms with Crippen molar-refractivity contribution >= 4 is 24.1 Å². The summed E-state index contributed by atoms with van der Waals surface area (Å²) in [6.45, 7) is 0. The zero-order valence-corrected chi connectivity index (χ0v) is 15.2. The number of ether oxygens (including phenoxy) is 2. The van der Waals surface area contributed by atoms with Crippen molar-refractivity contribution in [2.75, 3.05) is 0 Å². The molecular weight excluding hydrogens is 352 g/mol. The Morgan fingerprint density at radius 2 is 1.30 bits per heavy atom. The molecule has 0 radical (unpaired) electrons. The second-order valence-corrected chi connectivity index (χ2v) is 6.84. The molecule has 0 aromatic rings. The monoisotopic (exact) mass is 376 g/mol. The summed E-state index contributed by atoms with van der Waals surface area (Å²) in [6, 6.07) is -0.0458. The second-order valence-electron chi connectivity index (χ2n) is 6.84. The first-order valence-corrected chi connectivity index (χ1v) is 9.31. The molecule has 0 N–H and O–H groups in total. The van der Waals surface area contributed by atoms with Gasteiger partial charge in [0.1, 0.15) is 12.2 Å². The lowest BCUT2D eigenvalue weighted by Gasteiger charge is -2.25. The fourth-order valence-corrected chi connectivity index (χ4v) is 3.42. The predicted octanol–water partition coefficient (Wildman–Crippen LogP) is 2.31. The third kappa shape index (κ3) is 7.69. The predicted molar refractivity (Wildman–Crippen MR) is 94.3 cm³/mol. The van der Waals surface area contributed by atoms with Gasteiger partial charge in [-0.3, -0.25) is 4.79 Å². The largest absolute Gasteiger partial charge is 0.462 e. The minimum Gasteiger partial charge on any atom is -0.462 e. The Labute approximate surface area is 157 Å². The van der Waals surface area contributed by atoms with Crippen molar-refractivity contribution in [1.82, 2.24) is 0 Å². The fourth-order valence-electron chi connectivity index (χ4n) is 3.42. The van der Waals surface area contributed by atoms with E-state index >= 15 is 0 Å². The van der Waals surface area contributed by atoms with Crippen LogP contribution < -0.4 is 0 Å². The van der Waals surface area contributed by atoms with Crippen LogP contribution in [0.4, 0.5) is 0 Å². The Bertz CT molecular complexity index is 633. The van der Waals surface area contributed by atoms with Crippen LogP contribution in [0.3, 0.4) is 0 Å². The van der Waals surface area contributed by atoms with Crippen LogP contribution in [0.2, 0.25) is 0 Å². The van der Waals surface area contributed by atoms with Gasteiger partial charge in [0.05, 0.1) is 18.5 Å². The Morgan fingerprint density at radius 3 is 1.78 bits per heavy atom. The SMILES string of the molecule is O=C=NC1CCC(OC(=O)C=CCC(=O)OC2CCC(N=C=O)CC2)CC1. The molecule has 2 rings (SSSR count). The van der Waals surface area contributed by atoms with Crippen molar-refractivity contribution in [2.24, 2.45) is 9.98 Å². The molecule has 0 bridgehead atoms. The third-order valence-corrected chi connectivity index (χ3v) is 4.88. The normalized spacial score (nSPS) is 27.9. The molecule has 2 fully saturated rings. The molecule has 146 valence electrons. The molecule has 8 heteroatoms. The summed E-state index contributed by atoms with van der Waals surface area (Å²) < 4.78 is 10.7. The lowest BCUT2D eigenvalue weighted by Crippen LogP contribution is -2.26. The highest BCUT2D eigenvalue weighted by atomic mass is 16.5. The first-order valence-electron chi connectivity index (χ1n) is 9.31. The molecule has 0 spiro atoms. The molecule has 8 nitrogen and oxygen atoms in total. The van der Waals surface area contributed by atoms with Crippen LogP contribution >= 0.6 is 0 Å². The number of carbonyl (C=O) groups excluding carboxylic acids is 4. The van der Waals surface area contributed by atoms with E-state index < -0.39 is 11.9 Å². The number of hydrogen-bond acceptors (Lipinski definition) is 8. The quantitative estimate of drug-likeness (QED) is 0.292. The van der Waals surface area contributed by atoms with Crippen LogP contribution in [0, 0.1) is 0 Å². The van der Waals surface area contributed by atoms with E-state index in [9.17, 15) is 19.2 Å². The van der Waals surface area contributed by atoms with Gasteiger partial charge in [0, 0.05) is 6.08 Å². The summed E-state index contributed by atoms with van der Waals surface area (Å²) in [6.07, 6.45) is 10.9. The van der Waals surface area contributed by atoms with Crippen molar-refractivity contribution < 1.29 is 28.7 Å². The van der Waals surface area contributed by atoms with E-state index in [4.69, 9.17) is 9.47 Å². The van der Waals surface area contributed by atoms with Gasteiger partial charge in [-0.2, -0.15) is 0 Å². The van der Waals surface area contributed by atoms with Crippen molar-refractivity contribution in [3.05, 3.63) is 12.2 Å². The molecule has 0 heterocycles. The van der Waals surface area contributed by atoms with Crippen LogP contribution in [0.5, 0.6) is 0 Å². The molecule has 0 amide bonds. The number of rotatable bonds is 7. The Kier molecular flexibility index (Phi) is 8.62. The summed E-state index contributed by atoms with van der Waals surface area (Å²) in [5.41, 5.74) is 0. The number of carbonyl (C=O) groups is 2. The molecule has 0 aliphatic heterocycles. The number of esters is 2. The maximum Gasteiger partial charge on any atom is 0.330 e. The summed E-state index contributed by atoms with van der Waals surface area (Å²) in [5.74, 6) is -0.883. The van der Waals surface area contributed by atoms with Crippen LogP contribution in [0.25, 0.3) is 0 Å². The van der Waals surface area contributed by atoms with E-state index in [1.54, 1.807) is 12.2 Å². The highest BCUT2D eigenvalue weighted by molar-refractivity contribution is 5.83. The lowest BCUT2D eigenvalue weighted by atomic mass is 9.93. The molecular formula is C19H24N2O6. The third-order valence-electron chi connectivity index (χ3n) is 4.88. The van der Waals surface area contributed by atoms with Crippen molar-refractivity contribution in [2.45, 2.75) is 82.1 Å². The Morgan fingerprint density at radius 1 is 0.815 bits per heavy atom. The van der Waals surface area contributed by atoms with Gasteiger partial charge >= 0.3 is 11.9 Å². The fraction of sp³-hybridized carbons (Fsp3) is 0.684. The number of isocyanates is 2. The molecule has 0 aromatic heterocycles. The number of nitrogens with zero attached hydrogens (tertiary/aromatic N) is 2. The van der Waals surface area contributed by atoms with E-state index in [2.05, 4.69) is 9.98 Å². The second kappa shape index (κ2) is 11.2. The maximum absolute atomic E-state index is 11.8. The van der Waals surface area contributed by atoms with Gasteiger partial charge in [-0.15, -0.1) is 0 Å². The summed E-state index contributed by atoms with van der Waals surface area (Å²) in [4.78, 5) is 51.5. The van der Waals surface area contributed by atoms with Gasteiger partial charge in [0.25, 0.3) is 0 Å². The molecule has 2 aliphatic rings. The topological polar surface area (TPSA) is 111 Å². The van der Waals surface area contributed by atoms with Gasteiger partial charge in [-0.25, -0.2) is 24.4 Å². The molecule has 2 aliphatic carbocycles. The van der Waals surface area contributed by atoms with Crippen LogP contribution in [0.15, 0.2) is 22.1 Å². The smallest absolute Gasteiger partial charge is 0.330 e. The Balaban J connectivity index is 1.62. The van der Waals surface area contributed by atoms with E-state index in [0.717, 1.165) is 0 Å².